The molecular weight excluding hydrogens is 436 g/mol. The van der Waals surface area contributed by atoms with E-state index >= 15 is 0 Å². The third kappa shape index (κ3) is 4.77. The molecule has 1 atom stereocenters. The molecule has 0 unspecified atom stereocenters. The van der Waals surface area contributed by atoms with Crippen molar-refractivity contribution in [3.63, 3.8) is 0 Å². The van der Waals surface area contributed by atoms with Crippen LogP contribution in [0.4, 0.5) is 5.69 Å². The zero-order chi connectivity index (χ0) is 22.5. The lowest BCUT2D eigenvalue weighted by Gasteiger charge is -2.24. The summed E-state index contributed by atoms with van der Waals surface area (Å²) in [6.45, 7) is -0.445. The Morgan fingerprint density at radius 2 is 1.69 bits per heavy atom. The van der Waals surface area contributed by atoms with Crippen LogP contribution in [0.25, 0.3) is 5.57 Å². The van der Waals surface area contributed by atoms with Crippen molar-refractivity contribution in [2.45, 2.75) is 18.9 Å². The molecule has 0 bridgehead atoms. The first-order valence-corrected chi connectivity index (χ1v) is 9.87. The van der Waals surface area contributed by atoms with Gasteiger partial charge in [0.1, 0.15) is 11.8 Å². The lowest BCUT2D eigenvalue weighted by Crippen LogP contribution is -2.38. The Balaban J connectivity index is 0.00000363. The number of aliphatic hydroxyl groups is 1. The number of carbonyl (C=O) groups excluding carboxylic acids is 1. The molecule has 1 aliphatic carbocycles. The third-order valence-corrected chi connectivity index (χ3v) is 5.28. The van der Waals surface area contributed by atoms with Crippen LogP contribution in [0.15, 0.2) is 30.3 Å². The van der Waals surface area contributed by atoms with E-state index in [1.165, 1.54) is 0 Å². The van der Waals surface area contributed by atoms with Crippen LogP contribution in [0.3, 0.4) is 0 Å². The zero-order valence-electron chi connectivity index (χ0n) is 18.6. The highest BCUT2D eigenvalue weighted by Crippen LogP contribution is 2.44. The van der Waals surface area contributed by atoms with Gasteiger partial charge in [0.15, 0.2) is 11.5 Å². The molecule has 0 fully saturated rings. The molecule has 1 amide bonds. The normalized spacial score (nSPS) is 13.1. The molecule has 0 heterocycles. The van der Waals surface area contributed by atoms with Gasteiger partial charge in [-0.25, -0.2) is 0 Å². The lowest BCUT2D eigenvalue weighted by molar-refractivity contribution is -0.118. The van der Waals surface area contributed by atoms with Crippen molar-refractivity contribution in [3.8, 4) is 23.0 Å². The molecule has 0 saturated carbocycles. The van der Waals surface area contributed by atoms with Gasteiger partial charge in [-0.15, -0.1) is 12.4 Å². The van der Waals surface area contributed by atoms with E-state index < -0.39 is 18.6 Å². The summed E-state index contributed by atoms with van der Waals surface area (Å²) in [5.74, 6) is 1.69. The summed E-state index contributed by atoms with van der Waals surface area (Å²) in [4.78, 5) is 12.4. The second-order valence-corrected chi connectivity index (χ2v) is 7.02. The Kier molecular flexibility index (Phi) is 8.77. The molecule has 0 aliphatic heterocycles. The Hall–Kier alpha value is -2.94. The number of ether oxygens (including phenoxy) is 4. The monoisotopic (exact) mass is 464 g/mol. The minimum absolute atomic E-state index is 0. The topological polar surface area (TPSA) is 112 Å². The number of anilines is 1. The van der Waals surface area contributed by atoms with Crippen LogP contribution in [-0.4, -0.2) is 52.1 Å². The molecule has 8 nitrogen and oxygen atoms in total. The van der Waals surface area contributed by atoms with Crippen LogP contribution < -0.4 is 30.0 Å². The van der Waals surface area contributed by atoms with E-state index in [2.05, 4.69) is 11.4 Å². The number of amides is 1. The largest absolute Gasteiger partial charge is 0.495 e. The predicted molar refractivity (Wildman–Crippen MR) is 125 cm³/mol. The summed E-state index contributed by atoms with van der Waals surface area (Å²) < 4.78 is 21.9. The molecular formula is C23H29ClN2O6. The van der Waals surface area contributed by atoms with Crippen LogP contribution in [0.1, 0.15) is 23.1 Å². The Morgan fingerprint density at radius 3 is 2.22 bits per heavy atom. The first kappa shape index (κ1) is 25.3. The van der Waals surface area contributed by atoms with Gasteiger partial charge >= 0.3 is 0 Å². The average molecular weight is 465 g/mol. The van der Waals surface area contributed by atoms with Gasteiger partial charge in [-0.05, 0) is 53.3 Å². The highest BCUT2D eigenvalue weighted by atomic mass is 35.5. The SMILES string of the molecule is COc1ccc2c(c1NC(=O)[C@@H](N)CO)CCC=C2c1cc(OC)c(OC)c(OC)c1.Cl. The molecule has 2 aromatic rings. The van der Waals surface area contributed by atoms with Crippen molar-refractivity contribution in [1.82, 2.24) is 0 Å². The minimum Gasteiger partial charge on any atom is -0.495 e. The highest BCUT2D eigenvalue weighted by molar-refractivity contribution is 5.98. The van der Waals surface area contributed by atoms with Crippen molar-refractivity contribution in [1.29, 1.82) is 0 Å². The lowest BCUT2D eigenvalue weighted by atomic mass is 9.85. The van der Waals surface area contributed by atoms with Crippen molar-refractivity contribution < 1.29 is 28.8 Å². The summed E-state index contributed by atoms with van der Waals surface area (Å²) in [6.07, 6.45) is 3.62. The summed E-state index contributed by atoms with van der Waals surface area (Å²) in [5.41, 5.74) is 10.0. The van der Waals surface area contributed by atoms with E-state index in [0.29, 0.717) is 35.1 Å². The van der Waals surface area contributed by atoms with Crippen LogP contribution >= 0.6 is 12.4 Å². The minimum atomic E-state index is -1.02. The average Bonchev–Trinajstić information content (AvgIpc) is 2.82. The maximum atomic E-state index is 12.4. The first-order chi connectivity index (χ1) is 15.0. The Morgan fingerprint density at radius 1 is 1.06 bits per heavy atom. The number of hydrogen-bond donors (Lipinski definition) is 3. The van der Waals surface area contributed by atoms with Gasteiger partial charge in [0.2, 0.25) is 11.7 Å². The number of methoxy groups -OCH3 is 4. The summed E-state index contributed by atoms with van der Waals surface area (Å²) >= 11 is 0. The van der Waals surface area contributed by atoms with Crippen LogP contribution in [0.2, 0.25) is 0 Å². The van der Waals surface area contributed by atoms with E-state index in [4.69, 9.17) is 24.7 Å². The van der Waals surface area contributed by atoms with E-state index in [-0.39, 0.29) is 12.4 Å². The molecule has 1 aliphatic rings. The first-order valence-electron chi connectivity index (χ1n) is 9.87. The maximum Gasteiger partial charge on any atom is 0.243 e. The molecule has 9 heteroatoms. The summed E-state index contributed by atoms with van der Waals surface area (Å²) in [7, 11) is 6.26. The third-order valence-electron chi connectivity index (χ3n) is 5.28. The van der Waals surface area contributed by atoms with Gasteiger partial charge in [-0.1, -0.05) is 12.1 Å². The molecule has 0 aromatic heterocycles. The number of fused-ring (bicyclic) bond motifs is 1. The number of nitrogens with one attached hydrogen (secondary N) is 1. The number of allylic oxidation sites excluding steroid dienone is 1. The number of carbonyl (C=O) groups is 1. The van der Waals surface area contributed by atoms with Gasteiger partial charge < -0.3 is 35.1 Å². The molecule has 0 spiro atoms. The number of halogens is 1. The molecule has 3 rings (SSSR count). The quantitative estimate of drug-likeness (QED) is 0.550. The number of hydrogen-bond acceptors (Lipinski definition) is 7. The van der Waals surface area contributed by atoms with E-state index in [1.807, 2.05) is 18.2 Å². The Labute approximate surface area is 193 Å². The fraction of sp³-hybridized carbons (Fsp3) is 0.348. The fourth-order valence-corrected chi connectivity index (χ4v) is 3.73. The van der Waals surface area contributed by atoms with Gasteiger partial charge in [0, 0.05) is 0 Å². The smallest absolute Gasteiger partial charge is 0.243 e. The van der Waals surface area contributed by atoms with Gasteiger partial charge in [0.25, 0.3) is 0 Å². The van der Waals surface area contributed by atoms with Gasteiger partial charge in [-0.2, -0.15) is 0 Å². The molecule has 0 radical (unpaired) electrons. The Bertz CT molecular complexity index is 983. The van der Waals surface area contributed by atoms with E-state index in [9.17, 15) is 9.90 Å². The van der Waals surface area contributed by atoms with Crippen LogP contribution in [-0.2, 0) is 11.2 Å². The second kappa shape index (κ2) is 11.1. The molecule has 2 aromatic carbocycles. The van der Waals surface area contributed by atoms with E-state index in [0.717, 1.165) is 28.7 Å². The molecule has 174 valence electrons. The summed E-state index contributed by atoms with van der Waals surface area (Å²) in [6, 6.07) is 6.54. The number of benzene rings is 2. The molecule has 32 heavy (non-hydrogen) atoms. The van der Waals surface area contributed by atoms with Crippen molar-refractivity contribution in [2.24, 2.45) is 5.73 Å². The number of nitrogens with two attached hydrogens (primary N) is 1. The fourth-order valence-electron chi connectivity index (χ4n) is 3.73. The van der Waals surface area contributed by atoms with Crippen molar-refractivity contribution in [2.75, 3.05) is 40.4 Å². The number of aliphatic hydroxyl groups excluding tert-OH is 1. The highest BCUT2D eigenvalue weighted by Gasteiger charge is 2.24. The zero-order valence-corrected chi connectivity index (χ0v) is 19.4. The van der Waals surface area contributed by atoms with Gasteiger partial charge in [0.05, 0.1) is 40.7 Å². The molecule has 0 saturated heterocycles. The molecule has 4 N–H and O–H groups in total. The van der Waals surface area contributed by atoms with Crippen molar-refractivity contribution >= 4 is 29.6 Å². The predicted octanol–water partition coefficient (Wildman–Crippen LogP) is 2.78. The standard InChI is InChI=1S/C23H28N2O6.ClH/c1-28-18-9-8-15-14(13-10-19(29-2)22(31-4)20(11-13)30-3)6-5-7-16(15)21(18)25-23(27)17(24)12-26;/h6,8-11,17,26H,5,7,12,24H2,1-4H3,(H,25,27);1H/t17-;/m0./s1. The van der Waals surface area contributed by atoms with Crippen LogP contribution in [0, 0.1) is 0 Å². The van der Waals surface area contributed by atoms with Gasteiger partial charge in [-0.3, -0.25) is 4.79 Å². The van der Waals surface area contributed by atoms with Crippen molar-refractivity contribution in [3.05, 3.63) is 47.0 Å². The summed E-state index contributed by atoms with van der Waals surface area (Å²) in [5, 5.41) is 12.1. The second-order valence-electron chi connectivity index (χ2n) is 7.02. The van der Waals surface area contributed by atoms with E-state index in [1.54, 1.807) is 34.5 Å². The maximum absolute atomic E-state index is 12.4. The number of rotatable bonds is 8. The van der Waals surface area contributed by atoms with Crippen LogP contribution in [0.5, 0.6) is 23.0 Å².